The molecule has 2 aromatic carbocycles. The van der Waals surface area contributed by atoms with Gasteiger partial charge in [-0.25, -0.2) is 0 Å². The number of likely N-dealkylation sites (tertiary alicyclic amines) is 1. The highest BCUT2D eigenvalue weighted by Gasteiger charge is 2.44. The van der Waals surface area contributed by atoms with Crippen molar-refractivity contribution in [2.45, 2.75) is 18.8 Å². The molecule has 2 atom stereocenters. The number of aryl methyl sites for hydroxylation is 1. The van der Waals surface area contributed by atoms with Gasteiger partial charge < -0.3 is 9.64 Å². The third-order valence-corrected chi connectivity index (χ3v) is 4.55. The van der Waals surface area contributed by atoms with Crippen LogP contribution < -0.4 is 4.74 Å². The van der Waals surface area contributed by atoms with Gasteiger partial charge in [0.05, 0.1) is 5.92 Å². The molecule has 1 amide bonds. The molecule has 2 aromatic rings. The van der Waals surface area contributed by atoms with Crippen LogP contribution in [0.2, 0.25) is 0 Å². The molecule has 3 nitrogen and oxygen atoms in total. The van der Waals surface area contributed by atoms with E-state index in [0.29, 0.717) is 0 Å². The van der Waals surface area contributed by atoms with E-state index in [4.69, 9.17) is 4.74 Å². The Balaban J connectivity index is 1.98. The van der Waals surface area contributed by atoms with Gasteiger partial charge in [0.2, 0.25) is 5.91 Å². The van der Waals surface area contributed by atoms with Crippen molar-refractivity contribution < 1.29 is 9.53 Å². The summed E-state index contributed by atoms with van der Waals surface area (Å²) in [7, 11) is 1.88. The van der Waals surface area contributed by atoms with Crippen molar-refractivity contribution in [1.29, 1.82) is 0 Å². The lowest BCUT2D eigenvalue weighted by molar-refractivity contribution is -0.127. The average Bonchev–Trinajstić information content (AvgIpc) is 2.70. The normalized spacial score (nSPS) is 23.0. The molecule has 2 heterocycles. The standard InChI is InChI=1S/C18H17NO2/c1-11-7-8-16-13(9-11)14-10-19(2)18(20)17(14)12-5-3-4-6-15(12)21-16/h3-9,14,17H,10H2,1-2H3. The second-order valence-corrected chi connectivity index (χ2v) is 5.98. The van der Waals surface area contributed by atoms with E-state index in [0.717, 1.165) is 29.2 Å². The number of nitrogens with zero attached hydrogens (tertiary/aromatic N) is 1. The van der Waals surface area contributed by atoms with Gasteiger partial charge in [0.1, 0.15) is 11.5 Å². The number of ether oxygens (including phenoxy) is 1. The first-order valence-electron chi connectivity index (χ1n) is 7.27. The van der Waals surface area contributed by atoms with Gasteiger partial charge in [-0.2, -0.15) is 0 Å². The van der Waals surface area contributed by atoms with Crippen LogP contribution in [-0.4, -0.2) is 24.4 Å². The Morgan fingerprint density at radius 3 is 2.71 bits per heavy atom. The number of amides is 1. The van der Waals surface area contributed by atoms with Crippen LogP contribution in [0.4, 0.5) is 0 Å². The summed E-state index contributed by atoms with van der Waals surface area (Å²) in [6.07, 6.45) is 0. The SMILES string of the molecule is Cc1ccc2c(c1)C1CN(C)C(=O)C1c1ccccc1O2. The van der Waals surface area contributed by atoms with Crippen LogP contribution in [0.3, 0.4) is 0 Å². The number of carbonyl (C=O) groups is 1. The molecule has 3 heteroatoms. The fraction of sp³-hybridized carbons (Fsp3) is 0.278. The second kappa shape index (κ2) is 4.35. The topological polar surface area (TPSA) is 29.5 Å². The highest BCUT2D eigenvalue weighted by atomic mass is 16.5. The molecule has 0 spiro atoms. The van der Waals surface area contributed by atoms with Crippen molar-refractivity contribution in [3.8, 4) is 11.5 Å². The summed E-state index contributed by atoms with van der Waals surface area (Å²) in [5, 5.41) is 0. The molecule has 0 N–H and O–H groups in total. The molecule has 21 heavy (non-hydrogen) atoms. The predicted octanol–water partition coefficient (Wildman–Crippen LogP) is 3.44. The van der Waals surface area contributed by atoms with E-state index < -0.39 is 0 Å². The highest BCUT2D eigenvalue weighted by Crippen LogP contribution is 2.49. The van der Waals surface area contributed by atoms with Crippen molar-refractivity contribution in [3.63, 3.8) is 0 Å². The molecular weight excluding hydrogens is 262 g/mol. The van der Waals surface area contributed by atoms with Crippen LogP contribution in [-0.2, 0) is 4.79 Å². The summed E-state index contributed by atoms with van der Waals surface area (Å²) in [6, 6.07) is 14.1. The van der Waals surface area contributed by atoms with E-state index >= 15 is 0 Å². The van der Waals surface area contributed by atoms with Crippen LogP contribution in [0, 0.1) is 6.92 Å². The van der Waals surface area contributed by atoms with Crippen molar-refractivity contribution in [3.05, 3.63) is 59.2 Å². The lowest BCUT2D eigenvalue weighted by Gasteiger charge is -2.15. The molecule has 2 aliphatic heterocycles. The molecule has 106 valence electrons. The zero-order chi connectivity index (χ0) is 14.6. The minimum absolute atomic E-state index is 0.130. The summed E-state index contributed by atoms with van der Waals surface area (Å²) >= 11 is 0. The van der Waals surface area contributed by atoms with E-state index in [1.54, 1.807) is 0 Å². The van der Waals surface area contributed by atoms with Gasteiger partial charge >= 0.3 is 0 Å². The van der Waals surface area contributed by atoms with Crippen LogP contribution >= 0.6 is 0 Å². The van der Waals surface area contributed by atoms with Gasteiger partial charge in [-0.1, -0.05) is 35.9 Å². The molecule has 0 aliphatic carbocycles. The van der Waals surface area contributed by atoms with Gasteiger partial charge in [-0.3, -0.25) is 4.79 Å². The van der Waals surface area contributed by atoms with Crippen molar-refractivity contribution in [2.75, 3.05) is 13.6 Å². The molecular formula is C18H17NO2. The van der Waals surface area contributed by atoms with Crippen molar-refractivity contribution in [1.82, 2.24) is 4.90 Å². The monoisotopic (exact) mass is 279 g/mol. The molecule has 0 radical (unpaired) electrons. The summed E-state index contributed by atoms with van der Waals surface area (Å²) in [5.74, 6) is 1.91. The average molecular weight is 279 g/mol. The Bertz CT molecular complexity index is 738. The van der Waals surface area contributed by atoms with Gasteiger partial charge in [0, 0.05) is 30.6 Å². The fourth-order valence-electron chi connectivity index (χ4n) is 3.53. The van der Waals surface area contributed by atoms with E-state index in [9.17, 15) is 4.79 Å². The number of benzene rings is 2. The Morgan fingerprint density at radius 1 is 1.10 bits per heavy atom. The Labute approximate surface area is 124 Å². The predicted molar refractivity (Wildman–Crippen MR) is 80.8 cm³/mol. The third kappa shape index (κ3) is 1.77. The maximum Gasteiger partial charge on any atom is 0.230 e. The number of para-hydroxylation sites is 1. The van der Waals surface area contributed by atoms with Crippen LogP contribution in [0.15, 0.2) is 42.5 Å². The van der Waals surface area contributed by atoms with Gasteiger partial charge in [-0.05, 0) is 19.1 Å². The minimum atomic E-state index is -0.130. The first kappa shape index (κ1) is 12.5. The molecule has 0 aromatic heterocycles. The number of carbonyl (C=O) groups excluding carboxylic acids is 1. The summed E-state index contributed by atoms with van der Waals surface area (Å²) in [4.78, 5) is 14.5. The van der Waals surface area contributed by atoms with Gasteiger partial charge in [-0.15, -0.1) is 0 Å². The molecule has 0 bridgehead atoms. The number of likely N-dealkylation sites (N-methyl/N-ethyl adjacent to an activating group) is 1. The Kier molecular flexibility index (Phi) is 2.58. The first-order chi connectivity index (χ1) is 10.1. The summed E-state index contributed by atoms with van der Waals surface area (Å²) < 4.78 is 6.11. The van der Waals surface area contributed by atoms with Crippen LogP contribution in [0.5, 0.6) is 11.5 Å². The van der Waals surface area contributed by atoms with Crippen molar-refractivity contribution >= 4 is 5.91 Å². The highest BCUT2D eigenvalue weighted by molar-refractivity contribution is 5.88. The number of hydrogen-bond donors (Lipinski definition) is 0. The molecule has 2 unspecified atom stereocenters. The van der Waals surface area contributed by atoms with E-state index in [1.165, 1.54) is 5.56 Å². The smallest absolute Gasteiger partial charge is 0.230 e. The maximum absolute atomic E-state index is 12.6. The third-order valence-electron chi connectivity index (χ3n) is 4.55. The first-order valence-corrected chi connectivity index (χ1v) is 7.27. The number of hydrogen-bond acceptors (Lipinski definition) is 2. The molecule has 1 fully saturated rings. The minimum Gasteiger partial charge on any atom is -0.457 e. The molecule has 0 saturated carbocycles. The lowest BCUT2D eigenvalue weighted by atomic mass is 9.83. The summed E-state index contributed by atoms with van der Waals surface area (Å²) in [5.41, 5.74) is 3.35. The molecule has 1 saturated heterocycles. The molecule has 2 aliphatic rings. The fourth-order valence-corrected chi connectivity index (χ4v) is 3.53. The van der Waals surface area contributed by atoms with Gasteiger partial charge in [0.25, 0.3) is 0 Å². The van der Waals surface area contributed by atoms with Crippen LogP contribution in [0.25, 0.3) is 0 Å². The zero-order valence-corrected chi connectivity index (χ0v) is 12.2. The number of rotatable bonds is 0. The van der Waals surface area contributed by atoms with E-state index in [1.807, 2.05) is 42.3 Å². The Hall–Kier alpha value is -2.29. The van der Waals surface area contributed by atoms with Crippen molar-refractivity contribution in [2.24, 2.45) is 0 Å². The Morgan fingerprint density at radius 2 is 1.86 bits per heavy atom. The zero-order valence-electron chi connectivity index (χ0n) is 12.2. The van der Waals surface area contributed by atoms with E-state index in [-0.39, 0.29) is 17.7 Å². The van der Waals surface area contributed by atoms with Gasteiger partial charge in [0.15, 0.2) is 0 Å². The van der Waals surface area contributed by atoms with Crippen LogP contribution in [0.1, 0.15) is 28.5 Å². The van der Waals surface area contributed by atoms with E-state index in [2.05, 4.69) is 19.1 Å². The number of fused-ring (bicyclic) bond motifs is 5. The molecule has 4 rings (SSSR count). The lowest BCUT2D eigenvalue weighted by Crippen LogP contribution is -2.21. The largest absolute Gasteiger partial charge is 0.457 e. The quantitative estimate of drug-likeness (QED) is 0.739. The second-order valence-electron chi connectivity index (χ2n) is 5.98. The summed E-state index contributed by atoms with van der Waals surface area (Å²) in [6.45, 7) is 2.82. The maximum atomic E-state index is 12.6.